The molecule has 264 valence electrons. The lowest BCUT2D eigenvalue weighted by Crippen LogP contribution is -2.76. The second-order valence-corrected chi connectivity index (χ2v) is 15.3. The molecule has 0 aromatic carbocycles. The predicted octanol–water partition coefficient (Wildman–Crippen LogP) is 3.93. The maximum absolute atomic E-state index is 14.3. The Morgan fingerprint density at radius 2 is 1.84 bits per heavy atom. The number of hydrogen-bond donors (Lipinski definition) is 3. The number of hydrogen-bond acceptors (Lipinski definition) is 11. The number of nitrogens with two attached hydrogens (primary N) is 1. The van der Waals surface area contributed by atoms with Gasteiger partial charge in [-0.25, -0.2) is 9.97 Å². The first-order chi connectivity index (χ1) is 23.9. The highest BCUT2D eigenvalue weighted by Crippen LogP contribution is 2.70. The highest BCUT2D eigenvalue weighted by Gasteiger charge is 2.69. The Labute approximate surface area is 290 Å². The fraction of sp³-hybridized carbons (Fsp3) is 0.600. The van der Waals surface area contributed by atoms with Gasteiger partial charge in [0, 0.05) is 42.6 Å². The number of piperazine rings is 1. The SMILES string of the molecule is CCc1c(N2CCN(C(=O)c3ncnc(C)c3O)[C@H]3CC[C@@H]32)c(=O)c(N)c(N=Nc2ccn(C3CC3)n2)n1CC(=O)NC12CC(C(C)C)(C1)C2. The first-order valence-corrected chi connectivity index (χ1v) is 17.9. The number of aromatic nitrogens is 5. The molecule has 0 unspecified atom stereocenters. The van der Waals surface area contributed by atoms with Crippen LogP contribution in [-0.4, -0.2) is 76.8 Å². The molecule has 4 N–H and O–H groups in total. The van der Waals surface area contributed by atoms with Crippen molar-refractivity contribution >= 4 is 34.8 Å². The number of carbonyl (C=O) groups is 2. The highest BCUT2D eigenvalue weighted by molar-refractivity contribution is 5.95. The van der Waals surface area contributed by atoms with E-state index in [4.69, 9.17) is 5.73 Å². The van der Waals surface area contributed by atoms with Gasteiger partial charge in [-0.3, -0.25) is 19.1 Å². The zero-order chi connectivity index (χ0) is 35.1. The summed E-state index contributed by atoms with van der Waals surface area (Å²) in [5.74, 6) is 0.373. The van der Waals surface area contributed by atoms with E-state index in [1.165, 1.54) is 6.33 Å². The van der Waals surface area contributed by atoms with Crippen molar-refractivity contribution in [3.8, 4) is 5.75 Å². The quantitative estimate of drug-likeness (QED) is 0.266. The number of nitrogens with one attached hydrogen (secondary N) is 1. The van der Waals surface area contributed by atoms with Crippen LogP contribution in [0.5, 0.6) is 5.75 Å². The van der Waals surface area contributed by atoms with E-state index in [1.54, 1.807) is 22.5 Å². The fourth-order valence-corrected chi connectivity index (χ4v) is 8.83. The van der Waals surface area contributed by atoms with E-state index in [0.29, 0.717) is 59.8 Å². The van der Waals surface area contributed by atoms with Gasteiger partial charge in [0.25, 0.3) is 5.91 Å². The summed E-state index contributed by atoms with van der Waals surface area (Å²) in [7, 11) is 0. The summed E-state index contributed by atoms with van der Waals surface area (Å²) < 4.78 is 3.62. The van der Waals surface area contributed by atoms with Gasteiger partial charge in [0.15, 0.2) is 23.1 Å². The number of nitrogen functional groups attached to an aromatic ring is 1. The number of rotatable bonds is 10. The van der Waals surface area contributed by atoms with E-state index in [-0.39, 0.29) is 64.4 Å². The average Bonchev–Trinajstić information content (AvgIpc) is 3.78. The monoisotopic (exact) mass is 683 g/mol. The van der Waals surface area contributed by atoms with Crippen molar-refractivity contribution in [1.82, 2.24) is 34.5 Å². The Balaban J connectivity index is 1.12. The Morgan fingerprint density at radius 3 is 2.50 bits per heavy atom. The zero-order valence-electron chi connectivity index (χ0n) is 29.1. The fourth-order valence-electron chi connectivity index (χ4n) is 8.83. The standard InChI is InChI=1S/C35H45N11O4/c1-5-22-29(43-12-13-44(24-9-8-23(24)43)33(50)28-30(48)20(4)37-18-38-28)31(49)27(36)32(41-40-25-10-11-46(42-25)21-6-7-21)45(22)14-26(47)39-35-15-34(16-35,17-35)19(2)3/h10-11,18-19,21,23-24,48H,5-9,12-17,36H2,1-4H3,(H,39,47)/t23-,24-,34?,35?/m0/s1. The second kappa shape index (κ2) is 11.6. The summed E-state index contributed by atoms with van der Waals surface area (Å²) in [4.78, 5) is 53.5. The number of azo groups is 1. The number of aromatic hydroxyl groups is 1. The lowest BCUT2D eigenvalue weighted by molar-refractivity contribution is -0.187. The van der Waals surface area contributed by atoms with Crippen molar-refractivity contribution in [2.75, 3.05) is 23.7 Å². The van der Waals surface area contributed by atoms with Crippen LogP contribution < -0.4 is 21.4 Å². The number of anilines is 2. The second-order valence-electron chi connectivity index (χ2n) is 15.3. The predicted molar refractivity (Wildman–Crippen MR) is 185 cm³/mol. The molecule has 2 atom stereocenters. The Morgan fingerprint density at radius 1 is 1.10 bits per heavy atom. The molecule has 0 spiro atoms. The van der Waals surface area contributed by atoms with Crippen LogP contribution in [0.15, 0.2) is 33.6 Å². The van der Waals surface area contributed by atoms with Gasteiger partial charge in [-0.1, -0.05) is 20.8 Å². The molecule has 6 aliphatic rings. The summed E-state index contributed by atoms with van der Waals surface area (Å²) in [5.41, 5.74) is 7.73. The third-order valence-electron chi connectivity index (χ3n) is 12.0. The summed E-state index contributed by atoms with van der Waals surface area (Å²) in [5, 5.41) is 27.2. The summed E-state index contributed by atoms with van der Waals surface area (Å²) in [6, 6.07) is 1.82. The number of aryl methyl sites for hydroxylation is 1. The average molecular weight is 684 g/mol. The molecule has 6 fully saturated rings. The molecule has 4 heterocycles. The van der Waals surface area contributed by atoms with Crippen LogP contribution >= 0.6 is 0 Å². The van der Waals surface area contributed by atoms with Crippen LogP contribution in [-0.2, 0) is 17.8 Å². The summed E-state index contributed by atoms with van der Waals surface area (Å²) in [6.07, 6.45) is 10.2. The maximum atomic E-state index is 14.3. The van der Waals surface area contributed by atoms with Gasteiger partial charge >= 0.3 is 0 Å². The van der Waals surface area contributed by atoms with Crippen molar-refractivity contribution in [1.29, 1.82) is 0 Å². The molecule has 2 amide bonds. The van der Waals surface area contributed by atoms with E-state index in [1.807, 2.05) is 17.8 Å². The topological polar surface area (TPSA) is 189 Å². The van der Waals surface area contributed by atoms with Crippen LogP contribution in [0.2, 0.25) is 0 Å². The Kier molecular flexibility index (Phi) is 7.53. The third kappa shape index (κ3) is 5.06. The lowest BCUT2D eigenvalue weighted by Gasteiger charge is -2.72. The largest absolute Gasteiger partial charge is 0.504 e. The van der Waals surface area contributed by atoms with Crippen molar-refractivity contribution in [3.63, 3.8) is 0 Å². The molecule has 3 aromatic rings. The summed E-state index contributed by atoms with van der Waals surface area (Å²) >= 11 is 0. The molecular weight excluding hydrogens is 638 g/mol. The number of pyridine rings is 1. The van der Waals surface area contributed by atoms with Crippen molar-refractivity contribution < 1.29 is 14.7 Å². The van der Waals surface area contributed by atoms with Gasteiger partial charge in [0.2, 0.25) is 11.3 Å². The lowest BCUT2D eigenvalue weighted by atomic mass is 9.36. The van der Waals surface area contributed by atoms with Crippen LogP contribution in [0.1, 0.15) is 93.6 Å². The minimum atomic E-state index is -0.372. The van der Waals surface area contributed by atoms with E-state index >= 15 is 0 Å². The molecule has 50 heavy (non-hydrogen) atoms. The van der Waals surface area contributed by atoms with Crippen molar-refractivity contribution in [2.24, 2.45) is 21.6 Å². The number of nitrogens with zero attached hydrogens (tertiary/aromatic N) is 9. The van der Waals surface area contributed by atoms with Crippen molar-refractivity contribution in [3.05, 3.63) is 45.9 Å². The first-order valence-electron chi connectivity index (χ1n) is 17.9. The summed E-state index contributed by atoms with van der Waals surface area (Å²) in [6.45, 7) is 8.69. The van der Waals surface area contributed by atoms with Crippen molar-refractivity contribution in [2.45, 2.75) is 109 Å². The molecule has 0 radical (unpaired) electrons. The van der Waals surface area contributed by atoms with Gasteiger partial charge in [-0.2, -0.15) is 5.10 Å². The number of amides is 2. The molecule has 5 aliphatic carbocycles. The third-order valence-corrected chi connectivity index (χ3v) is 12.0. The molecule has 3 aromatic heterocycles. The van der Waals surface area contributed by atoms with Crippen LogP contribution in [0.3, 0.4) is 0 Å². The van der Waals surface area contributed by atoms with E-state index < -0.39 is 0 Å². The molecule has 1 aliphatic heterocycles. The molecule has 15 nitrogen and oxygen atoms in total. The number of carbonyl (C=O) groups excluding carboxylic acids is 2. The zero-order valence-corrected chi connectivity index (χ0v) is 29.1. The molecule has 2 bridgehead atoms. The smallest absolute Gasteiger partial charge is 0.276 e. The van der Waals surface area contributed by atoms with Crippen LogP contribution in [0.4, 0.5) is 23.0 Å². The normalized spacial score (nSPS) is 26.7. The highest BCUT2D eigenvalue weighted by atomic mass is 16.3. The number of fused-ring (bicyclic) bond motifs is 1. The minimum Gasteiger partial charge on any atom is -0.504 e. The Hall–Kier alpha value is -4.82. The van der Waals surface area contributed by atoms with E-state index in [2.05, 4.69) is 49.4 Å². The van der Waals surface area contributed by atoms with Crippen LogP contribution in [0, 0.1) is 18.3 Å². The molecular formula is C35H45N11O4. The van der Waals surface area contributed by atoms with E-state index in [0.717, 1.165) is 44.9 Å². The van der Waals surface area contributed by atoms with Crippen LogP contribution in [0.25, 0.3) is 0 Å². The van der Waals surface area contributed by atoms with Gasteiger partial charge in [0.1, 0.15) is 24.2 Å². The molecule has 1 saturated heterocycles. The first kappa shape index (κ1) is 32.4. The van der Waals surface area contributed by atoms with E-state index in [9.17, 15) is 19.5 Å². The molecule has 9 rings (SSSR count). The maximum Gasteiger partial charge on any atom is 0.276 e. The minimum absolute atomic E-state index is 0.0248. The van der Waals surface area contributed by atoms with Gasteiger partial charge in [0.05, 0.1) is 17.8 Å². The molecule has 15 heteroatoms. The van der Waals surface area contributed by atoms with Gasteiger partial charge in [-0.05, 0) is 69.6 Å². The van der Waals surface area contributed by atoms with Gasteiger partial charge < -0.3 is 30.5 Å². The van der Waals surface area contributed by atoms with Gasteiger partial charge in [-0.15, -0.1) is 10.2 Å². The Bertz CT molecular complexity index is 1960. The molecule has 5 saturated carbocycles.